The number of benzene rings is 1. The second kappa shape index (κ2) is 6.25. The third-order valence-electron chi connectivity index (χ3n) is 2.17. The van der Waals surface area contributed by atoms with E-state index in [0.717, 1.165) is 0 Å². The summed E-state index contributed by atoms with van der Waals surface area (Å²) in [6.07, 6.45) is -0.501. The van der Waals surface area contributed by atoms with Gasteiger partial charge in [0.1, 0.15) is 11.8 Å². The highest BCUT2D eigenvalue weighted by molar-refractivity contribution is 9.10. The highest BCUT2D eigenvalue weighted by atomic mass is 79.9. The van der Waals surface area contributed by atoms with E-state index in [-0.39, 0.29) is 0 Å². The smallest absolute Gasteiger partial charge is 0.326 e. The van der Waals surface area contributed by atoms with Gasteiger partial charge in [-0.1, -0.05) is 0 Å². The number of hydrogen-bond donors (Lipinski definition) is 3. The number of carboxylic acid groups (broad SMARTS) is 2. The largest absolute Gasteiger partial charge is 0.496 e. The monoisotopic (exact) mass is 317 g/mol. The number of hydrogen-bond acceptors (Lipinski definition) is 4. The van der Waals surface area contributed by atoms with Gasteiger partial charge in [0, 0.05) is 5.69 Å². The van der Waals surface area contributed by atoms with Gasteiger partial charge in [-0.3, -0.25) is 4.79 Å². The van der Waals surface area contributed by atoms with Crippen molar-refractivity contribution in [2.24, 2.45) is 0 Å². The molecule has 3 N–H and O–H groups in total. The molecule has 18 heavy (non-hydrogen) atoms. The van der Waals surface area contributed by atoms with E-state index in [4.69, 9.17) is 14.9 Å². The number of nitrogens with one attached hydrogen (secondary N) is 1. The van der Waals surface area contributed by atoms with Crippen LogP contribution in [-0.2, 0) is 9.59 Å². The second-order valence-electron chi connectivity index (χ2n) is 3.48. The Kier molecular flexibility index (Phi) is 4.96. The van der Waals surface area contributed by atoms with Crippen molar-refractivity contribution < 1.29 is 24.5 Å². The molecule has 0 saturated carbocycles. The lowest BCUT2D eigenvalue weighted by Crippen LogP contribution is -2.31. The molecule has 0 fully saturated rings. The summed E-state index contributed by atoms with van der Waals surface area (Å²) in [4.78, 5) is 21.4. The van der Waals surface area contributed by atoms with E-state index < -0.39 is 24.4 Å². The Bertz CT molecular complexity index is 463. The molecule has 0 bridgehead atoms. The lowest BCUT2D eigenvalue weighted by molar-refractivity contribution is -0.144. The Hall–Kier alpha value is -1.76. The average molecular weight is 318 g/mol. The van der Waals surface area contributed by atoms with Crippen LogP contribution in [0.4, 0.5) is 5.69 Å². The fourth-order valence-electron chi connectivity index (χ4n) is 1.33. The molecule has 0 aliphatic heterocycles. The lowest BCUT2D eigenvalue weighted by atomic mass is 10.2. The zero-order chi connectivity index (χ0) is 13.7. The molecule has 6 nitrogen and oxygen atoms in total. The Morgan fingerprint density at radius 2 is 2.11 bits per heavy atom. The number of anilines is 1. The molecule has 1 unspecified atom stereocenters. The first-order chi connectivity index (χ1) is 8.43. The predicted molar refractivity (Wildman–Crippen MR) is 68.0 cm³/mol. The summed E-state index contributed by atoms with van der Waals surface area (Å²) < 4.78 is 5.68. The summed E-state index contributed by atoms with van der Waals surface area (Å²) in [5.74, 6) is -1.79. The highest BCUT2D eigenvalue weighted by Gasteiger charge is 2.20. The second-order valence-corrected chi connectivity index (χ2v) is 4.34. The summed E-state index contributed by atoms with van der Waals surface area (Å²) in [6, 6.07) is 3.70. The Morgan fingerprint density at radius 3 is 2.56 bits per heavy atom. The van der Waals surface area contributed by atoms with E-state index >= 15 is 0 Å². The van der Waals surface area contributed by atoms with Crippen LogP contribution in [0.2, 0.25) is 0 Å². The topological polar surface area (TPSA) is 95.9 Å². The molecule has 1 rings (SSSR count). The number of rotatable bonds is 6. The summed E-state index contributed by atoms with van der Waals surface area (Å²) in [6.45, 7) is 0. The van der Waals surface area contributed by atoms with Gasteiger partial charge in [-0.15, -0.1) is 0 Å². The van der Waals surface area contributed by atoms with Gasteiger partial charge in [0.2, 0.25) is 0 Å². The first kappa shape index (κ1) is 14.3. The third kappa shape index (κ3) is 3.92. The maximum Gasteiger partial charge on any atom is 0.326 e. The van der Waals surface area contributed by atoms with Crippen molar-refractivity contribution in [1.82, 2.24) is 0 Å². The molecular formula is C11H12BrNO5. The van der Waals surface area contributed by atoms with Gasteiger partial charge in [0.25, 0.3) is 0 Å². The minimum Gasteiger partial charge on any atom is -0.496 e. The van der Waals surface area contributed by atoms with E-state index in [1.807, 2.05) is 0 Å². The van der Waals surface area contributed by atoms with Crippen LogP contribution in [0, 0.1) is 0 Å². The third-order valence-corrected chi connectivity index (χ3v) is 2.79. The van der Waals surface area contributed by atoms with Crippen LogP contribution in [0.25, 0.3) is 0 Å². The fourth-order valence-corrected chi connectivity index (χ4v) is 1.87. The Labute approximate surface area is 112 Å². The van der Waals surface area contributed by atoms with Crippen LogP contribution in [-0.4, -0.2) is 35.3 Å². The molecule has 0 amide bonds. The summed E-state index contributed by atoms with van der Waals surface area (Å²) >= 11 is 3.26. The van der Waals surface area contributed by atoms with Crippen LogP contribution >= 0.6 is 15.9 Å². The van der Waals surface area contributed by atoms with E-state index in [1.165, 1.54) is 7.11 Å². The number of halogens is 1. The standard InChI is InChI=1S/C11H12BrNO5/c1-18-9-3-2-6(4-7(9)12)13-8(11(16)17)5-10(14)15/h2-4,8,13H,5H2,1H3,(H,14,15)(H,16,17). The van der Waals surface area contributed by atoms with Crippen molar-refractivity contribution in [2.45, 2.75) is 12.5 Å². The zero-order valence-electron chi connectivity index (χ0n) is 9.51. The minimum absolute atomic E-state index is 0.497. The van der Waals surface area contributed by atoms with Gasteiger partial charge in [0.15, 0.2) is 0 Å². The maximum atomic E-state index is 10.9. The molecule has 0 aliphatic rings. The van der Waals surface area contributed by atoms with Gasteiger partial charge in [-0.2, -0.15) is 0 Å². The van der Waals surface area contributed by atoms with Crippen LogP contribution in [0.1, 0.15) is 6.42 Å². The van der Waals surface area contributed by atoms with E-state index in [1.54, 1.807) is 18.2 Å². The highest BCUT2D eigenvalue weighted by Crippen LogP contribution is 2.28. The van der Waals surface area contributed by atoms with Crippen LogP contribution in [0.5, 0.6) is 5.75 Å². The van der Waals surface area contributed by atoms with E-state index in [0.29, 0.717) is 15.9 Å². The number of carbonyl (C=O) groups is 2. The quantitative estimate of drug-likeness (QED) is 0.740. The summed E-state index contributed by atoms with van der Waals surface area (Å²) in [7, 11) is 1.51. The van der Waals surface area contributed by atoms with E-state index in [2.05, 4.69) is 21.2 Å². The van der Waals surface area contributed by atoms with Crippen molar-refractivity contribution in [3.8, 4) is 5.75 Å². The van der Waals surface area contributed by atoms with Gasteiger partial charge < -0.3 is 20.3 Å². The Balaban J connectivity index is 2.84. The number of carboxylic acids is 2. The van der Waals surface area contributed by atoms with Gasteiger partial charge in [-0.05, 0) is 34.1 Å². The average Bonchev–Trinajstić information content (AvgIpc) is 2.27. The van der Waals surface area contributed by atoms with Crippen LogP contribution in [0.3, 0.4) is 0 Å². The predicted octanol–water partition coefficient (Wildman–Crippen LogP) is 1.80. The Morgan fingerprint density at radius 1 is 1.44 bits per heavy atom. The molecule has 0 spiro atoms. The van der Waals surface area contributed by atoms with Gasteiger partial charge in [0.05, 0.1) is 18.0 Å². The van der Waals surface area contributed by atoms with Crippen LogP contribution in [0.15, 0.2) is 22.7 Å². The molecule has 7 heteroatoms. The van der Waals surface area contributed by atoms with Crippen molar-refractivity contribution in [3.63, 3.8) is 0 Å². The number of methoxy groups -OCH3 is 1. The molecule has 0 aromatic heterocycles. The molecule has 0 heterocycles. The molecule has 1 aromatic carbocycles. The molecule has 1 atom stereocenters. The van der Waals surface area contributed by atoms with Gasteiger partial charge >= 0.3 is 11.9 Å². The SMILES string of the molecule is COc1ccc(NC(CC(=O)O)C(=O)O)cc1Br. The van der Waals surface area contributed by atoms with Crippen molar-refractivity contribution in [2.75, 3.05) is 12.4 Å². The maximum absolute atomic E-state index is 10.9. The van der Waals surface area contributed by atoms with Gasteiger partial charge in [-0.25, -0.2) is 4.79 Å². The molecule has 0 radical (unpaired) electrons. The first-order valence-corrected chi connectivity index (χ1v) is 5.78. The molecule has 0 aliphatic carbocycles. The van der Waals surface area contributed by atoms with Crippen LogP contribution < -0.4 is 10.1 Å². The first-order valence-electron chi connectivity index (χ1n) is 4.98. The molecule has 0 saturated heterocycles. The van der Waals surface area contributed by atoms with Crippen molar-refractivity contribution in [1.29, 1.82) is 0 Å². The molecule has 98 valence electrons. The number of ether oxygens (including phenoxy) is 1. The number of aliphatic carboxylic acids is 2. The fraction of sp³-hybridized carbons (Fsp3) is 0.273. The molecule has 1 aromatic rings. The summed E-state index contributed by atoms with van der Waals surface area (Å²) in [5, 5.41) is 20.1. The van der Waals surface area contributed by atoms with E-state index in [9.17, 15) is 9.59 Å². The van der Waals surface area contributed by atoms with Crippen molar-refractivity contribution in [3.05, 3.63) is 22.7 Å². The zero-order valence-corrected chi connectivity index (χ0v) is 11.1. The minimum atomic E-state index is -1.22. The normalized spacial score (nSPS) is 11.7. The summed E-state index contributed by atoms with van der Waals surface area (Å²) in [5.41, 5.74) is 0.497. The molecular weight excluding hydrogens is 306 g/mol. The van der Waals surface area contributed by atoms with Crippen molar-refractivity contribution >= 4 is 33.6 Å². The lowest BCUT2D eigenvalue weighted by Gasteiger charge is -2.14.